The van der Waals surface area contributed by atoms with Crippen LogP contribution in [-0.4, -0.2) is 46.2 Å². The number of aromatic amines is 1. The van der Waals surface area contributed by atoms with Gasteiger partial charge in [0, 0.05) is 24.0 Å². The van der Waals surface area contributed by atoms with Crippen molar-refractivity contribution in [2.45, 2.75) is 25.0 Å². The molecule has 9 heteroatoms. The molecule has 1 fully saturated rings. The fourth-order valence-electron chi connectivity index (χ4n) is 4.42. The third-order valence-corrected chi connectivity index (χ3v) is 6.32. The fourth-order valence-corrected chi connectivity index (χ4v) is 4.42. The normalized spacial score (nSPS) is 17.1. The van der Waals surface area contributed by atoms with Gasteiger partial charge in [-0.05, 0) is 43.2 Å². The van der Waals surface area contributed by atoms with Crippen molar-refractivity contribution < 1.29 is 19.4 Å². The summed E-state index contributed by atoms with van der Waals surface area (Å²) in [5.74, 6) is 0.673. The number of nitrogens with zero attached hydrogens (tertiary/aromatic N) is 3. The first kappa shape index (κ1) is 24.0. The van der Waals surface area contributed by atoms with E-state index < -0.39 is 0 Å². The average molecular weight is 494 g/mol. The maximum Gasteiger partial charge on any atom is 0.196 e. The van der Waals surface area contributed by atoms with Crippen molar-refractivity contribution in [1.82, 2.24) is 9.97 Å². The predicted molar refractivity (Wildman–Crippen MR) is 135 cm³/mol. The Kier molecular flexibility index (Phi) is 6.82. The third-order valence-electron chi connectivity index (χ3n) is 6.32. The SMILES string of the molecule is N#Cc1cc(Oc2ccccc2)ccc1C(=O)c1c[nH]c2ncc(C#N)c(N[C@@H]3CC[C@@H](CO)OC3)c12. The molecule has 2 aromatic carbocycles. The van der Waals surface area contributed by atoms with Gasteiger partial charge < -0.3 is 24.9 Å². The Labute approximate surface area is 212 Å². The highest BCUT2D eigenvalue weighted by Gasteiger charge is 2.26. The topological polar surface area (TPSA) is 144 Å². The number of H-pyrrole nitrogens is 1. The number of aliphatic hydroxyl groups excluding tert-OH is 1. The van der Waals surface area contributed by atoms with Crippen LogP contribution in [0.2, 0.25) is 0 Å². The Hall–Kier alpha value is -4.70. The van der Waals surface area contributed by atoms with Crippen molar-refractivity contribution >= 4 is 22.5 Å². The van der Waals surface area contributed by atoms with E-state index in [1.54, 1.807) is 30.5 Å². The second kappa shape index (κ2) is 10.5. The number of anilines is 1. The summed E-state index contributed by atoms with van der Waals surface area (Å²) in [5, 5.41) is 32.7. The van der Waals surface area contributed by atoms with Gasteiger partial charge in [-0.1, -0.05) is 18.2 Å². The molecule has 184 valence electrons. The molecular formula is C28H23N5O4. The maximum atomic E-state index is 13.7. The summed E-state index contributed by atoms with van der Waals surface area (Å²) in [4.78, 5) is 21.0. The second-order valence-electron chi connectivity index (χ2n) is 8.70. The first-order chi connectivity index (χ1) is 18.1. The largest absolute Gasteiger partial charge is 0.457 e. The van der Waals surface area contributed by atoms with Crippen molar-refractivity contribution in [3.63, 3.8) is 0 Å². The number of aliphatic hydroxyl groups is 1. The molecule has 0 radical (unpaired) electrons. The number of benzene rings is 2. The number of hydrogen-bond acceptors (Lipinski definition) is 8. The molecule has 3 heterocycles. The lowest BCUT2D eigenvalue weighted by atomic mass is 9.97. The van der Waals surface area contributed by atoms with E-state index in [9.17, 15) is 20.4 Å². The number of fused-ring (bicyclic) bond motifs is 1. The second-order valence-corrected chi connectivity index (χ2v) is 8.70. The van der Waals surface area contributed by atoms with Crippen molar-refractivity contribution in [1.29, 1.82) is 10.5 Å². The molecule has 0 bridgehead atoms. The summed E-state index contributed by atoms with van der Waals surface area (Å²) < 4.78 is 11.5. The number of rotatable bonds is 7. The Bertz CT molecular complexity index is 1530. The molecule has 0 unspecified atom stereocenters. The zero-order chi connectivity index (χ0) is 25.8. The van der Waals surface area contributed by atoms with Gasteiger partial charge in [0.05, 0.1) is 47.1 Å². The highest BCUT2D eigenvalue weighted by molar-refractivity contribution is 6.19. The van der Waals surface area contributed by atoms with E-state index in [0.717, 1.165) is 6.42 Å². The molecule has 0 spiro atoms. The number of carbonyl (C=O) groups excluding carboxylic acids is 1. The highest BCUT2D eigenvalue weighted by Crippen LogP contribution is 2.33. The average Bonchev–Trinajstić information content (AvgIpc) is 3.38. The van der Waals surface area contributed by atoms with Gasteiger partial charge in [0.2, 0.25) is 0 Å². The summed E-state index contributed by atoms with van der Waals surface area (Å²) in [6.07, 6.45) is 4.20. The van der Waals surface area contributed by atoms with Gasteiger partial charge in [-0.3, -0.25) is 4.79 Å². The van der Waals surface area contributed by atoms with Gasteiger partial charge in [-0.2, -0.15) is 10.5 Å². The van der Waals surface area contributed by atoms with E-state index in [1.807, 2.05) is 18.2 Å². The summed E-state index contributed by atoms with van der Waals surface area (Å²) in [7, 11) is 0. The van der Waals surface area contributed by atoms with E-state index in [0.29, 0.717) is 46.8 Å². The zero-order valence-corrected chi connectivity index (χ0v) is 19.8. The first-order valence-electron chi connectivity index (χ1n) is 11.8. The van der Waals surface area contributed by atoms with Crippen LogP contribution in [-0.2, 0) is 4.74 Å². The van der Waals surface area contributed by atoms with Gasteiger partial charge >= 0.3 is 0 Å². The molecule has 1 saturated heterocycles. The fraction of sp³-hybridized carbons (Fsp3) is 0.214. The van der Waals surface area contributed by atoms with E-state index in [1.165, 1.54) is 12.3 Å². The van der Waals surface area contributed by atoms with Gasteiger partial charge in [0.1, 0.15) is 29.3 Å². The molecule has 1 aliphatic rings. The number of para-hydroxylation sites is 1. The lowest BCUT2D eigenvalue weighted by Crippen LogP contribution is -2.36. The van der Waals surface area contributed by atoms with Crippen molar-refractivity contribution in [2.24, 2.45) is 0 Å². The summed E-state index contributed by atoms with van der Waals surface area (Å²) >= 11 is 0. The number of aromatic nitrogens is 2. The Morgan fingerprint density at radius 1 is 1.11 bits per heavy atom. The van der Waals surface area contributed by atoms with Crippen LogP contribution in [0.1, 0.15) is 39.9 Å². The minimum absolute atomic E-state index is 0.0392. The smallest absolute Gasteiger partial charge is 0.196 e. The quantitative estimate of drug-likeness (QED) is 0.324. The predicted octanol–water partition coefficient (Wildman–Crippen LogP) is 4.28. The Balaban J connectivity index is 1.50. The van der Waals surface area contributed by atoms with E-state index in [-0.39, 0.29) is 41.2 Å². The van der Waals surface area contributed by atoms with Crippen LogP contribution in [0.15, 0.2) is 60.9 Å². The molecule has 5 rings (SSSR count). The van der Waals surface area contributed by atoms with Crippen LogP contribution in [0.4, 0.5) is 5.69 Å². The molecule has 0 amide bonds. The van der Waals surface area contributed by atoms with Crippen LogP contribution < -0.4 is 10.1 Å². The van der Waals surface area contributed by atoms with Crippen LogP contribution in [0.3, 0.4) is 0 Å². The van der Waals surface area contributed by atoms with Crippen LogP contribution >= 0.6 is 0 Å². The summed E-state index contributed by atoms with van der Waals surface area (Å²) in [6.45, 7) is 0.317. The van der Waals surface area contributed by atoms with Gasteiger partial charge in [-0.25, -0.2) is 4.98 Å². The lowest BCUT2D eigenvalue weighted by Gasteiger charge is -2.29. The number of carbonyl (C=O) groups is 1. The Morgan fingerprint density at radius 2 is 1.92 bits per heavy atom. The maximum absolute atomic E-state index is 13.7. The molecule has 37 heavy (non-hydrogen) atoms. The minimum atomic E-state index is -0.380. The zero-order valence-electron chi connectivity index (χ0n) is 19.8. The monoisotopic (exact) mass is 493 g/mol. The summed E-state index contributed by atoms with van der Waals surface area (Å²) in [6, 6.07) is 18.0. The van der Waals surface area contributed by atoms with E-state index in [4.69, 9.17) is 9.47 Å². The number of pyridine rings is 1. The van der Waals surface area contributed by atoms with Crippen molar-refractivity contribution in [2.75, 3.05) is 18.5 Å². The van der Waals surface area contributed by atoms with Gasteiger partial charge in [0.25, 0.3) is 0 Å². The third kappa shape index (κ3) is 4.87. The molecule has 1 aliphatic heterocycles. The Morgan fingerprint density at radius 3 is 2.62 bits per heavy atom. The molecule has 4 aromatic rings. The highest BCUT2D eigenvalue weighted by atomic mass is 16.5. The molecule has 3 N–H and O–H groups in total. The van der Waals surface area contributed by atoms with Gasteiger partial charge in [-0.15, -0.1) is 0 Å². The van der Waals surface area contributed by atoms with Crippen LogP contribution in [0.25, 0.3) is 11.0 Å². The van der Waals surface area contributed by atoms with Gasteiger partial charge in [0.15, 0.2) is 5.78 Å². The molecule has 0 saturated carbocycles. The summed E-state index contributed by atoms with van der Waals surface area (Å²) in [5.41, 5.74) is 1.89. The molecule has 0 aliphatic carbocycles. The molecule has 2 atom stereocenters. The number of ketones is 1. The van der Waals surface area contributed by atoms with E-state index in [2.05, 4.69) is 27.4 Å². The molecular weight excluding hydrogens is 470 g/mol. The van der Waals surface area contributed by atoms with Crippen molar-refractivity contribution in [3.8, 4) is 23.6 Å². The molecule has 2 aromatic heterocycles. The van der Waals surface area contributed by atoms with Crippen LogP contribution in [0.5, 0.6) is 11.5 Å². The van der Waals surface area contributed by atoms with Crippen molar-refractivity contribution in [3.05, 3.63) is 83.2 Å². The number of nitriles is 2. The molecule has 9 nitrogen and oxygen atoms in total. The standard InChI is InChI=1S/C28H23N5O4/c29-11-17-10-21(37-20-4-2-1-3-5-20)8-9-23(17)27(35)24-14-32-28-25(24)26(18(12-30)13-31-28)33-19-6-7-22(15-34)36-16-19/h1-5,8-10,13-14,19,22,34H,6-7,15-16H2,(H2,31,32,33)/t19-,22+/m1/s1. The lowest BCUT2D eigenvalue weighted by molar-refractivity contribution is -0.0223. The number of ether oxygens (including phenoxy) is 2. The van der Waals surface area contributed by atoms with E-state index >= 15 is 0 Å². The van der Waals surface area contributed by atoms with Crippen LogP contribution in [0, 0.1) is 22.7 Å². The minimum Gasteiger partial charge on any atom is -0.457 e. The number of nitrogens with one attached hydrogen (secondary N) is 2. The first-order valence-corrected chi connectivity index (χ1v) is 11.8. The number of hydrogen-bond donors (Lipinski definition) is 3.